The van der Waals surface area contributed by atoms with E-state index < -0.39 is 41.3 Å². The number of benzene rings is 3. The topological polar surface area (TPSA) is 99.9 Å². The van der Waals surface area contributed by atoms with Crippen LogP contribution >= 0.6 is 23.2 Å². The van der Waals surface area contributed by atoms with Gasteiger partial charge in [0.15, 0.2) is 5.66 Å². The highest BCUT2D eigenvalue weighted by Gasteiger charge is 2.54. The fourth-order valence-electron chi connectivity index (χ4n) is 5.81. The molecule has 0 saturated carbocycles. The average molecular weight is 651 g/mol. The zero-order valence-corrected chi connectivity index (χ0v) is 25.3. The number of primary amides is 1. The molecular weight excluding hydrogens is 618 g/mol. The Balaban J connectivity index is 1.64. The summed E-state index contributed by atoms with van der Waals surface area (Å²) in [5, 5.41) is 8.04. The number of nitrogens with one attached hydrogen (secondary N) is 2. The Labute approximate surface area is 263 Å². The van der Waals surface area contributed by atoms with Crippen molar-refractivity contribution in [3.63, 3.8) is 0 Å². The molecule has 3 aromatic carbocycles. The van der Waals surface area contributed by atoms with Crippen LogP contribution in [0.5, 0.6) is 5.75 Å². The highest BCUT2D eigenvalue weighted by atomic mass is 35.5. The van der Waals surface area contributed by atoms with Crippen molar-refractivity contribution in [1.29, 1.82) is 0 Å². The molecule has 2 amide bonds. The Bertz CT molecular complexity index is 1440. The predicted molar refractivity (Wildman–Crippen MR) is 161 cm³/mol. The lowest BCUT2D eigenvalue weighted by Crippen LogP contribution is -2.62. The van der Waals surface area contributed by atoms with E-state index in [9.17, 15) is 22.8 Å². The lowest BCUT2D eigenvalue weighted by atomic mass is 9.94. The molecule has 2 aliphatic rings. The van der Waals surface area contributed by atoms with Gasteiger partial charge in [-0.3, -0.25) is 25.1 Å². The van der Waals surface area contributed by atoms with Crippen LogP contribution in [0.25, 0.3) is 0 Å². The summed E-state index contributed by atoms with van der Waals surface area (Å²) in [6.45, 7) is 3.16. The molecule has 0 aliphatic carbocycles. The van der Waals surface area contributed by atoms with Crippen molar-refractivity contribution in [3.8, 4) is 5.75 Å². The summed E-state index contributed by atoms with van der Waals surface area (Å²) in [4.78, 5) is 29.7. The number of alkyl halides is 3. The van der Waals surface area contributed by atoms with Crippen molar-refractivity contribution in [2.24, 2.45) is 5.73 Å². The first-order chi connectivity index (χ1) is 20.9. The Morgan fingerprint density at radius 2 is 1.43 bits per heavy atom. The number of hydrogen-bond acceptors (Lipinski definition) is 6. The molecule has 0 spiro atoms. The Hall–Kier alpha value is -3.35. The van der Waals surface area contributed by atoms with Gasteiger partial charge in [-0.1, -0.05) is 53.5 Å². The fourth-order valence-corrected chi connectivity index (χ4v) is 6.06. The first-order valence-electron chi connectivity index (χ1n) is 14.1. The number of hydrogen-bond donors (Lipinski definition) is 3. The minimum absolute atomic E-state index is 0.0638. The van der Waals surface area contributed by atoms with Gasteiger partial charge >= 0.3 is 6.18 Å². The first kappa shape index (κ1) is 32.1. The van der Waals surface area contributed by atoms with E-state index in [4.69, 9.17) is 33.7 Å². The number of ether oxygens (including phenoxy) is 1. The second kappa shape index (κ2) is 12.9. The SMILES string of the molecule is CCOc1cc(C(F)(F)F)ccc1C1(C(=O)N2CCN(CC(N)=O)CC2)NC(c2ccc(Cl)cc2)C(c2ccc(Cl)cc2)N1. The zero-order valence-electron chi connectivity index (χ0n) is 23.8. The lowest BCUT2D eigenvalue weighted by molar-refractivity contribution is -0.141. The summed E-state index contributed by atoms with van der Waals surface area (Å²) in [6, 6.07) is 16.4. The van der Waals surface area contributed by atoms with Gasteiger partial charge in [-0.05, 0) is 54.4 Å². The van der Waals surface area contributed by atoms with Crippen LogP contribution in [0, 0.1) is 0 Å². The molecular formula is C31H32Cl2F3N5O3. The molecule has 234 valence electrons. The van der Waals surface area contributed by atoms with Crippen LogP contribution in [0.3, 0.4) is 0 Å². The van der Waals surface area contributed by atoms with Crippen molar-refractivity contribution in [1.82, 2.24) is 20.4 Å². The van der Waals surface area contributed by atoms with E-state index in [0.29, 0.717) is 23.1 Å². The maximum atomic E-state index is 14.7. The van der Waals surface area contributed by atoms with Crippen molar-refractivity contribution in [3.05, 3.63) is 99.0 Å². The highest BCUT2D eigenvalue weighted by molar-refractivity contribution is 6.30. The van der Waals surface area contributed by atoms with Crippen molar-refractivity contribution >= 4 is 35.0 Å². The second-order valence-electron chi connectivity index (χ2n) is 10.8. The number of piperazine rings is 1. The first-order valence-corrected chi connectivity index (χ1v) is 14.9. The van der Waals surface area contributed by atoms with Crippen LogP contribution in [0.15, 0.2) is 66.7 Å². The fraction of sp³-hybridized carbons (Fsp3) is 0.355. The quantitative estimate of drug-likeness (QED) is 0.322. The molecule has 2 saturated heterocycles. The van der Waals surface area contributed by atoms with Crippen LogP contribution < -0.4 is 21.1 Å². The van der Waals surface area contributed by atoms with Crippen LogP contribution in [-0.2, 0) is 21.4 Å². The summed E-state index contributed by atoms with van der Waals surface area (Å²) >= 11 is 12.4. The molecule has 13 heteroatoms. The van der Waals surface area contributed by atoms with E-state index >= 15 is 0 Å². The Morgan fingerprint density at radius 3 is 1.89 bits per heavy atom. The molecule has 2 heterocycles. The molecule has 2 aliphatic heterocycles. The zero-order chi connectivity index (χ0) is 31.6. The van der Waals surface area contributed by atoms with Gasteiger partial charge in [0, 0.05) is 41.8 Å². The van der Waals surface area contributed by atoms with Gasteiger partial charge in [0.2, 0.25) is 5.91 Å². The summed E-state index contributed by atoms with van der Waals surface area (Å²) in [7, 11) is 0. The number of nitrogens with zero attached hydrogens (tertiary/aromatic N) is 2. The summed E-state index contributed by atoms with van der Waals surface area (Å²) in [5.41, 5.74) is 4.59. The van der Waals surface area contributed by atoms with E-state index in [1.54, 1.807) is 36.1 Å². The minimum atomic E-state index is -4.62. The van der Waals surface area contributed by atoms with Crippen LogP contribution in [0.1, 0.15) is 41.3 Å². The van der Waals surface area contributed by atoms with Gasteiger partial charge < -0.3 is 15.4 Å². The highest BCUT2D eigenvalue weighted by Crippen LogP contribution is 2.46. The van der Waals surface area contributed by atoms with Crippen LogP contribution in [0.4, 0.5) is 13.2 Å². The lowest BCUT2D eigenvalue weighted by Gasteiger charge is -2.40. The largest absolute Gasteiger partial charge is 0.493 e. The monoisotopic (exact) mass is 649 g/mol. The number of nitrogens with two attached hydrogens (primary N) is 1. The molecule has 4 N–H and O–H groups in total. The third-order valence-corrected chi connectivity index (χ3v) is 8.41. The predicted octanol–water partition coefficient (Wildman–Crippen LogP) is 4.87. The Kier molecular flexibility index (Phi) is 9.43. The minimum Gasteiger partial charge on any atom is -0.493 e. The molecule has 2 unspecified atom stereocenters. The number of amides is 2. The molecule has 0 bridgehead atoms. The third kappa shape index (κ3) is 6.67. The summed E-state index contributed by atoms with van der Waals surface area (Å²) in [5.74, 6) is -0.940. The van der Waals surface area contributed by atoms with Gasteiger partial charge in [0.1, 0.15) is 5.75 Å². The molecule has 5 rings (SSSR count). The third-order valence-electron chi connectivity index (χ3n) is 7.91. The summed E-state index contributed by atoms with van der Waals surface area (Å²) in [6.07, 6.45) is -4.62. The average Bonchev–Trinajstić information content (AvgIpc) is 3.39. The van der Waals surface area contributed by atoms with E-state index in [2.05, 4.69) is 10.6 Å². The molecule has 44 heavy (non-hydrogen) atoms. The molecule has 2 fully saturated rings. The second-order valence-corrected chi connectivity index (χ2v) is 11.6. The van der Waals surface area contributed by atoms with Crippen molar-refractivity contribution in [2.45, 2.75) is 30.8 Å². The normalized spacial score (nSPS) is 22.6. The smallest absolute Gasteiger partial charge is 0.416 e. The maximum absolute atomic E-state index is 14.7. The van der Waals surface area contributed by atoms with Crippen molar-refractivity contribution < 1.29 is 27.5 Å². The van der Waals surface area contributed by atoms with Crippen LogP contribution in [0.2, 0.25) is 10.0 Å². The Morgan fingerprint density at radius 1 is 0.909 bits per heavy atom. The standard InChI is InChI=1S/C31H32Cl2F3N5O3/c1-2-44-25-17-21(31(34,35)36)7-12-24(25)30(29(43)41-15-13-40(14-16-41)18-26(37)42)38-27(19-3-8-22(32)9-4-19)28(39-30)20-5-10-23(33)11-6-20/h3-12,17,27-28,38-39H,2,13-16,18H2,1H3,(H2,37,42). The van der Waals surface area contributed by atoms with Crippen molar-refractivity contribution in [2.75, 3.05) is 39.3 Å². The van der Waals surface area contributed by atoms with E-state index in [0.717, 1.165) is 23.3 Å². The van der Waals surface area contributed by atoms with Gasteiger partial charge in [-0.25, -0.2) is 0 Å². The van der Waals surface area contributed by atoms with Gasteiger partial charge in [0.05, 0.1) is 30.8 Å². The molecule has 0 aromatic heterocycles. The van der Waals surface area contributed by atoms with E-state index in [1.807, 2.05) is 29.2 Å². The number of rotatable bonds is 8. The molecule has 8 nitrogen and oxygen atoms in total. The molecule has 2 atom stereocenters. The van der Waals surface area contributed by atoms with E-state index in [1.165, 1.54) is 6.07 Å². The van der Waals surface area contributed by atoms with Gasteiger partial charge in [-0.2, -0.15) is 13.2 Å². The molecule has 0 radical (unpaired) electrons. The summed E-state index contributed by atoms with van der Waals surface area (Å²) < 4.78 is 47.2. The maximum Gasteiger partial charge on any atom is 0.416 e. The van der Waals surface area contributed by atoms with Gasteiger partial charge in [-0.15, -0.1) is 0 Å². The molecule has 3 aromatic rings. The van der Waals surface area contributed by atoms with E-state index in [-0.39, 0.29) is 37.6 Å². The number of carbonyl (C=O) groups is 2. The van der Waals surface area contributed by atoms with Crippen LogP contribution in [-0.4, -0.2) is 60.9 Å². The van der Waals surface area contributed by atoms with Gasteiger partial charge in [0.25, 0.3) is 5.91 Å². The number of carbonyl (C=O) groups excluding carboxylic acids is 2. The number of halogens is 5.